The Labute approximate surface area is 202 Å². The Morgan fingerprint density at radius 3 is 2.24 bits per heavy atom. The molecule has 0 bridgehead atoms. The Morgan fingerprint density at radius 1 is 0.909 bits per heavy atom. The lowest BCUT2D eigenvalue weighted by atomic mass is 10.0. The smallest absolute Gasteiger partial charge is 0.348 e. The molecule has 8 heteroatoms. The van der Waals surface area contributed by atoms with Crippen LogP contribution in [0.5, 0.6) is 0 Å². The molecule has 6 nitrogen and oxygen atoms in total. The Balaban J connectivity index is 1.84. The van der Waals surface area contributed by atoms with Crippen molar-refractivity contribution in [2.45, 2.75) is 27.2 Å². The number of para-hydroxylation sites is 1. The van der Waals surface area contributed by atoms with Gasteiger partial charge in [-0.25, -0.2) is 9.59 Å². The summed E-state index contributed by atoms with van der Waals surface area (Å²) in [5, 5.41) is 7.04. The number of nitrogens with one attached hydrogen (secondary N) is 2. The van der Waals surface area contributed by atoms with Crippen molar-refractivity contribution in [3.8, 4) is 0 Å². The fraction of sp³-hybridized carbons (Fsp3) is 0.240. The van der Waals surface area contributed by atoms with Crippen LogP contribution in [0, 0.1) is 6.92 Å². The van der Waals surface area contributed by atoms with Crippen LogP contribution in [0.4, 0.5) is 10.7 Å². The van der Waals surface area contributed by atoms with Crippen molar-refractivity contribution in [3.63, 3.8) is 0 Å². The second-order valence-electron chi connectivity index (χ2n) is 7.10. The number of thiocarbonyl (C=S) groups is 1. The average molecular weight is 483 g/mol. The third kappa shape index (κ3) is 6.18. The molecule has 3 rings (SSSR count). The van der Waals surface area contributed by atoms with Crippen LogP contribution in [0.2, 0.25) is 0 Å². The number of rotatable bonds is 8. The summed E-state index contributed by atoms with van der Waals surface area (Å²) >= 11 is 6.66. The van der Waals surface area contributed by atoms with Crippen LogP contribution in [0.15, 0.2) is 54.6 Å². The molecule has 0 saturated heterocycles. The van der Waals surface area contributed by atoms with Gasteiger partial charge in [-0.1, -0.05) is 48.5 Å². The topological polar surface area (TPSA) is 76.7 Å². The molecule has 33 heavy (non-hydrogen) atoms. The number of carbonyl (C=O) groups is 2. The summed E-state index contributed by atoms with van der Waals surface area (Å²) in [6, 6.07) is 18.0. The molecule has 0 aliphatic rings. The molecule has 0 aliphatic heterocycles. The molecule has 0 spiro atoms. The molecule has 0 aliphatic carbocycles. The first-order valence-electron chi connectivity index (χ1n) is 10.6. The summed E-state index contributed by atoms with van der Waals surface area (Å²) < 4.78 is 10.3. The molecule has 1 heterocycles. The number of hydrogen-bond donors (Lipinski definition) is 2. The maximum atomic E-state index is 12.6. The summed E-state index contributed by atoms with van der Waals surface area (Å²) in [7, 11) is 0. The van der Waals surface area contributed by atoms with Gasteiger partial charge >= 0.3 is 11.9 Å². The van der Waals surface area contributed by atoms with Gasteiger partial charge in [0.25, 0.3) is 0 Å². The third-order valence-corrected chi connectivity index (χ3v) is 6.21. The number of benzene rings is 2. The molecule has 0 amide bonds. The van der Waals surface area contributed by atoms with Gasteiger partial charge in [0.15, 0.2) is 5.11 Å². The molecule has 2 N–H and O–H groups in total. The number of carbonyl (C=O) groups excluding carboxylic acids is 2. The van der Waals surface area contributed by atoms with Crippen LogP contribution in [0.3, 0.4) is 0 Å². The van der Waals surface area contributed by atoms with Gasteiger partial charge in [-0.2, -0.15) is 0 Å². The van der Waals surface area contributed by atoms with Crippen LogP contribution in [-0.4, -0.2) is 30.3 Å². The second-order valence-corrected chi connectivity index (χ2v) is 8.53. The minimum Gasteiger partial charge on any atom is -0.462 e. The highest BCUT2D eigenvalue weighted by Gasteiger charge is 2.27. The first kappa shape index (κ1) is 24.4. The minimum absolute atomic E-state index is 0.220. The van der Waals surface area contributed by atoms with E-state index in [4.69, 9.17) is 21.7 Å². The van der Waals surface area contributed by atoms with E-state index in [1.54, 1.807) is 20.8 Å². The van der Waals surface area contributed by atoms with Crippen molar-refractivity contribution >= 4 is 51.3 Å². The van der Waals surface area contributed by atoms with Crippen LogP contribution in [0.1, 0.15) is 50.6 Å². The van der Waals surface area contributed by atoms with E-state index < -0.39 is 11.9 Å². The number of ether oxygens (including phenoxy) is 2. The van der Waals surface area contributed by atoms with Gasteiger partial charge in [0.2, 0.25) is 0 Å². The molecule has 2 aromatic carbocycles. The predicted octanol–water partition coefficient (Wildman–Crippen LogP) is 5.81. The zero-order valence-corrected chi connectivity index (χ0v) is 20.4. The summed E-state index contributed by atoms with van der Waals surface area (Å²) in [5.41, 5.74) is 3.91. The van der Waals surface area contributed by atoms with Crippen molar-refractivity contribution in [2.75, 3.05) is 23.8 Å². The summed E-state index contributed by atoms with van der Waals surface area (Å²) in [5.74, 6) is -0.998. The van der Waals surface area contributed by atoms with Crippen LogP contribution in [-0.2, 0) is 15.9 Å². The number of esters is 2. The number of hydrogen-bond acceptors (Lipinski definition) is 6. The molecule has 0 unspecified atom stereocenters. The lowest BCUT2D eigenvalue weighted by molar-refractivity contribution is 0.0527. The molecule has 172 valence electrons. The summed E-state index contributed by atoms with van der Waals surface area (Å²) in [6.45, 7) is 5.63. The Bertz CT molecular complexity index is 1140. The summed E-state index contributed by atoms with van der Waals surface area (Å²) in [6.07, 6.45) is 0.742. The van der Waals surface area contributed by atoms with E-state index in [0.717, 1.165) is 29.0 Å². The van der Waals surface area contributed by atoms with Gasteiger partial charge in [-0.3, -0.25) is 0 Å². The monoisotopic (exact) mass is 482 g/mol. The Kier molecular flexibility index (Phi) is 8.57. The van der Waals surface area contributed by atoms with E-state index in [0.29, 0.717) is 20.6 Å². The molecular formula is C25H26N2O4S2. The van der Waals surface area contributed by atoms with Crippen molar-refractivity contribution < 1.29 is 19.1 Å². The fourth-order valence-electron chi connectivity index (χ4n) is 3.31. The molecule has 0 atom stereocenters. The number of anilines is 2. The normalized spacial score (nSPS) is 10.4. The van der Waals surface area contributed by atoms with E-state index in [-0.39, 0.29) is 18.8 Å². The van der Waals surface area contributed by atoms with Gasteiger partial charge in [-0.15, -0.1) is 11.3 Å². The van der Waals surface area contributed by atoms with Crippen LogP contribution >= 0.6 is 23.6 Å². The van der Waals surface area contributed by atoms with Gasteiger partial charge in [-0.05, 0) is 62.2 Å². The van der Waals surface area contributed by atoms with Gasteiger partial charge < -0.3 is 20.1 Å². The second kappa shape index (κ2) is 11.6. The SMILES string of the molecule is CCOC(=O)c1sc(NC(=S)Nc2ccccc2Cc2ccccc2)c(C(=O)OCC)c1C. The maximum Gasteiger partial charge on any atom is 0.348 e. The van der Waals surface area contributed by atoms with Crippen LogP contribution < -0.4 is 10.6 Å². The molecular weight excluding hydrogens is 456 g/mol. The van der Waals surface area contributed by atoms with Crippen molar-refractivity contribution in [2.24, 2.45) is 0 Å². The largest absolute Gasteiger partial charge is 0.462 e. The van der Waals surface area contributed by atoms with E-state index >= 15 is 0 Å². The molecule has 0 saturated carbocycles. The first-order valence-corrected chi connectivity index (χ1v) is 11.8. The minimum atomic E-state index is -0.517. The van der Waals surface area contributed by atoms with Gasteiger partial charge in [0.1, 0.15) is 9.88 Å². The Hall–Kier alpha value is -3.23. The average Bonchev–Trinajstić information content (AvgIpc) is 3.12. The predicted molar refractivity (Wildman–Crippen MR) is 137 cm³/mol. The van der Waals surface area contributed by atoms with E-state index in [1.807, 2.05) is 42.5 Å². The molecule has 3 aromatic rings. The van der Waals surface area contributed by atoms with E-state index in [9.17, 15) is 9.59 Å². The summed E-state index contributed by atoms with van der Waals surface area (Å²) in [4.78, 5) is 25.3. The lowest BCUT2D eigenvalue weighted by Crippen LogP contribution is -2.21. The van der Waals surface area contributed by atoms with E-state index in [1.165, 1.54) is 5.56 Å². The standard InChI is InChI=1S/C25H26N2O4S2/c1-4-30-23(28)20-16(3)21(24(29)31-5-2)33-22(20)27-25(32)26-19-14-10-9-13-18(19)15-17-11-7-6-8-12-17/h6-14H,4-5,15H2,1-3H3,(H2,26,27,32). The third-order valence-electron chi connectivity index (χ3n) is 4.82. The van der Waals surface area contributed by atoms with Crippen molar-refractivity contribution in [3.05, 3.63) is 81.7 Å². The highest BCUT2D eigenvalue weighted by atomic mass is 32.1. The van der Waals surface area contributed by atoms with Crippen LogP contribution in [0.25, 0.3) is 0 Å². The fourth-order valence-corrected chi connectivity index (χ4v) is 4.68. The lowest BCUT2D eigenvalue weighted by Gasteiger charge is -2.14. The molecule has 0 radical (unpaired) electrons. The quantitative estimate of drug-likeness (QED) is 0.310. The highest BCUT2D eigenvalue weighted by Crippen LogP contribution is 2.34. The van der Waals surface area contributed by atoms with Gasteiger partial charge in [0, 0.05) is 5.69 Å². The zero-order chi connectivity index (χ0) is 23.8. The molecule has 0 fully saturated rings. The first-order chi connectivity index (χ1) is 15.9. The highest BCUT2D eigenvalue weighted by molar-refractivity contribution is 7.80. The number of thiophene rings is 1. The van der Waals surface area contributed by atoms with Gasteiger partial charge in [0.05, 0.1) is 18.8 Å². The van der Waals surface area contributed by atoms with Crippen molar-refractivity contribution in [1.29, 1.82) is 0 Å². The maximum absolute atomic E-state index is 12.6. The Morgan fingerprint density at radius 2 is 1.55 bits per heavy atom. The van der Waals surface area contributed by atoms with E-state index in [2.05, 4.69) is 22.8 Å². The zero-order valence-electron chi connectivity index (χ0n) is 18.8. The van der Waals surface area contributed by atoms with Crippen molar-refractivity contribution in [1.82, 2.24) is 0 Å². The molecule has 1 aromatic heterocycles.